The second-order valence-corrected chi connectivity index (χ2v) is 7.13. The van der Waals surface area contributed by atoms with Crippen LogP contribution in [-0.4, -0.2) is 5.91 Å². The highest BCUT2D eigenvalue weighted by atomic mass is 19.1. The first-order chi connectivity index (χ1) is 15.6. The Balaban J connectivity index is 1.48. The van der Waals surface area contributed by atoms with Gasteiger partial charge in [-0.25, -0.2) is 4.39 Å². The zero-order chi connectivity index (χ0) is 22.3. The molecule has 4 rings (SSSR count). The first kappa shape index (κ1) is 20.8. The summed E-state index contributed by atoms with van der Waals surface area (Å²) in [6.07, 6.45) is 1.49. The quantitative estimate of drug-likeness (QED) is 0.301. The van der Waals surface area contributed by atoms with Crippen LogP contribution in [0.5, 0.6) is 5.75 Å². The van der Waals surface area contributed by atoms with Gasteiger partial charge >= 0.3 is 0 Å². The van der Waals surface area contributed by atoms with Gasteiger partial charge in [-0.2, -0.15) is 5.26 Å². The lowest BCUT2D eigenvalue weighted by atomic mass is 10.1. The number of carbonyl (C=O) groups is 1. The Morgan fingerprint density at radius 2 is 1.72 bits per heavy atom. The van der Waals surface area contributed by atoms with E-state index in [1.165, 1.54) is 30.3 Å². The van der Waals surface area contributed by atoms with Crippen LogP contribution in [0.4, 0.5) is 10.1 Å². The summed E-state index contributed by atoms with van der Waals surface area (Å²) in [7, 11) is 0. The number of fused-ring (bicyclic) bond motifs is 1. The summed E-state index contributed by atoms with van der Waals surface area (Å²) >= 11 is 0. The third-order valence-corrected chi connectivity index (χ3v) is 4.91. The first-order valence-corrected chi connectivity index (χ1v) is 10.0. The molecule has 0 atom stereocenters. The summed E-state index contributed by atoms with van der Waals surface area (Å²) in [6, 6.07) is 28.7. The number of amides is 1. The number of rotatable bonds is 6. The molecule has 1 amide bonds. The van der Waals surface area contributed by atoms with E-state index in [-0.39, 0.29) is 5.57 Å². The number of anilines is 1. The summed E-state index contributed by atoms with van der Waals surface area (Å²) in [5, 5.41) is 14.3. The minimum atomic E-state index is -0.568. The van der Waals surface area contributed by atoms with Crippen molar-refractivity contribution in [2.45, 2.75) is 6.61 Å². The Morgan fingerprint density at radius 3 is 2.53 bits per heavy atom. The van der Waals surface area contributed by atoms with Crippen LogP contribution in [0.3, 0.4) is 0 Å². The van der Waals surface area contributed by atoms with E-state index in [0.29, 0.717) is 23.6 Å². The van der Waals surface area contributed by atoms with E-state index >= 15 is 0 Å². The van der Waals surface area contributed by atoms with Crippen molar-refractivity contribution in [3.8, 4) is 11.8 Å². The number of benzene rings is 4. The third-order valence-electron chi connectivity index (χ3n) is 4.91. The fourth-order valence-corrected chi connectivity index (χ4v) is 3.32. The van der Waals surface area contributed by atoms with Crippen molar-refractivity contribution in [3.05, 3.63) is 114 Å². The number of nitrogens with zero attached hydrogens (tertiary/aromatic N) is 1. The highest BCUT2D eigenvalue weighted by Crippen LogP contribution is 2.22. The van der Waals surface area contributed by atoms with Crippen molar-refractivity contribution in [1.82, 2.24) is 0 Å². The summed E-state index contributed by atoms with van der Waals surface area (Å²) in [5.74, 6) is -0.344. The van der Waals surface area contributed by atoms with E-state index in [1.54, 1.807) is 18.2 Å². The SMILES string of the molecule is N#C/C(=C/c1cccc(OCc2cccc3ccccc23)c1)C(=O)Nc1ccc(F)cc1. The van der Waals surface area contributed by atoms with Crippen LogP contribution in [0.15, 0.2) is 96.6 Å². The fourth-order valence-electron chi connectivity index (χ4n) is 3.32. The number of halogens is 1. The van der Waals surface area contributed by atoms with E-state index in [2.05, 4.69) is 23.5 Å². The predicted molar refractivity (Wildman–Crippen MR) is 123 cm³/mol. The smallest absolute Gasteiger partial charge is 0.266 e. The number of hydrogen-bond donors (Lipinski definition) is 1. The van der Waals surface area contributed by atoms with Gasteiger partial charge in [-0.05, 0) is 64.4 Å². The van der Waals surface area contributed by atoms with Crippen molar-refractivity contribution >= 4 is 28.4 Å². The van der Waals surface area contributed by atoms with Crippen molar-refractivity contribution in [2.24, 2.45) is 0 Å². The molecule has 32 heavy (non-hydrogen) atoms. The highest BCUT2D eigenvalue weighted by molar-refractivity contribution is 6.09. The van der Waals surface area contributed by atoms with E-state index in [0.717, 1.165) is 16.3 Å². The lowest BCUT2D eigenvalue weighted by Gasteiger charge is -2.10. The van der Waals surface area contributed by atoms with Gasteiger partial charge in [0.1, 0.15) is 29.8 Å². The number of ether oxygens (including phenoxy) is 1. The Kier molecular flexibility index (Phi) is 6.24. The second-order valence-electron chi connectivity index (χ2n) is 7.13. The van der Waals surface area contributed by atoms with Gasteiger partial charge < -0.3 is 10.1 Å². The molecule has 0 aliphatic heterocycles. The molecule has 156 valence electrons. The van der Waals surface area contributed by atoms with Gasteiger partial charge in [0.15, 0.2) is 0 Å². The largest absolute Gasteiger partial charge is 0.489 e. The van der Waals surface area contributed by atoms with Gasteiger partial charge in [0.25, 0.3) is 5.91 Å². The maximum absolute atomic E-state index is 13.0. The lowest BCUT2D eigenvalue weighted by Crippen LogP contribution is -2.13. The molecule has 0 saturated heterocycles. The van der Waals surface area contributed by atoms with Gasteiger partial charge in [0.2, 0.25) is 0 Å². The zero-order valence-electron chi connectivity index (χ0n) is 17.1. The Morgan fingerprint density at radius 1 is 0.969 bits per heavy atom. The van der Waals surface area contributed by atoms with Gasteiger partial charge in [-0.15, -0.1) is 0 Å². The molecular weight excluding hydrogens is 403 g/mol. The van der Waals surface area contributed by atoms with E-state index in [9.17, 15) is 14.4 Å². The fraction of sp³-hybridized carbons (Fsp3) is 0.0370. The molecule has 0 bridgehead atoms. The summed E-state index contributed by atoms with van der Waals surface area (Å²) in [6.45, 7) is 0.394. The monoisotopic (exact) mass is 422 g/mol. The zero-order valence-corrected chi connectivity index (χ0v) is 17.1. The molecule has 0 fully saturated rings. The van der Waals surface area contributed by atoms with Crippen LogP contribution < -0.4 is 10.1 Å². The van der Waals surface area contributed by atoms with Crippen LogP contribution in [0.2, 0.25) is 0 Å². The molecule has 4 aromatic carbocycles. The molecule has 0 aromatic heterocycles. The highest BCUT2D eigenvalue weighted by Gasteiger charge is 2.10. The average molecular weight is 422 g/mol. The molecule has 0 aliphatic rings. The number of hydrogen-bond acceptors (Lipinski definition) is 3. The molecule has 4 nitrogen and oxygen atoms in total. The molecule has 0 spiro atoms. The van der Waals surface area contributed by atoms with Crippen molar-refractivity contribution in [2.75, 3.05) is 5.32 Å². The molecule has 0 saturated carbocycles. The van der Waals surface area contributed by atoms with Gasteiger partial charge in [-0.3, -0.25) is 4.79 Å². The van der Waals surface area contributed by atoms with Gasteiger partial charge in [0.05, 0.1) is 0 Å². The van der Waals surface area contributed by atoms with Crippen LogP contribution in [0, 0.1) is 17.1 Å². The van der Waals surface area contributed by atoms with Crippen molar-refractivity contribution in [1.29, 1.82) is 5.26 Å². The van der Waals surface area contributed by atoms with Gasteiger partial charge in [0, 0.05) is 5.69 Å². The Hall–Kier alpha value is -4.43. The molecule has 0 heterocycles. The average Bonchev–Trinajstić information content (AvgIpc) is 2.83. The first-order valence-electron chi connectivity index (χ1n) is 10.0. The maximum Gasteiger partial charge on any atom is 0.266 e. The summed E-state index contributed by atoms with van der Waals surface area (Å²) < 4.78 is 19.0. The molecule has 5 heteroatoms. The van der Waals surface area contributed by atoms with Crippen LogP contribution >= 0.6 is 0 Å². The number of carbonyl (C=O) groups excluding carboxylic acids is 1. The topological polar surface area (TPSA) is 62.1 Å². The molecule has 1 N–H and O–H groups in total. The minimum absolute atomic E-state index is 0.0690. The third kappa shape index (κ3) is 5.00. The van der Waals surface area contributed by atoms with E-state index < -0.39 is 11.7 Å². The van der Waals surface area contributed by atoms with Crippen LogP contribution in [0.25, 0.3) is 16.8 Å². The van der Waals surface area contributed by atoms with Crippen molar-refractivity contribution in [3.63, 3.8) is 0 Å². The molecule has 0 unspecified atom stereocenters. The van der Waals surface area contributed by atoms with Gasteiger partial charge in [-0.1, -0.05) is 54.6 Å². The maximum atomic E-state index is 13.0. The molecule has 0 aliphatic carbocycles. The molecule has 4 aromatic rings. The normalized spacial score (nSPS) is 11.1. The predicted octanol–water partition coefficient (Wildman–Crippen LogP) is 6.10. The van der Waals surface area contributed by atoms with E-state index in [4.69, 9.17) is 4.74 Å². The summed E-state index contributed by atoms with van der Waals surface area (Å²) in [4.78, 5) is 12.4. The minimum Gasteiger partial charge on any atom is -0.489 e. The summed E-state index contributed by atoms with van der Waals surface area (Å²) in [5.41, 5.74) is 2.07. The standard InChI is InChI=1S/C27H19FN2O2/c28-23-11-13-24(14-12-23)30-27(31)22(17-29)15-19-5-3-9-25(16-19)32-18-21-8-4-7-20-6-1-2-10-26(20)21/h1-16H,18H2,(H,30,31)/b22-15-. The van der Waals surface area contributed by atoms with Crippen molar-refractivity contribution < 1.29 is 13.9 Å². The lowest BCUT2D eigenvalue weighted by molar-refractivity contribution is -0.112. The molecule has 0 radical (unpaired) electrons. The molecular formula is C27H19FN2O2. The Bertz CT molecular complexity index is 1330. The van der Waals surface area contributed by atoms with Crippen LogP contribution in [-0.2, 0) is 11.4 Å². The second kappa shape index (κ2) is 9.59. The van der Waals surface area contributed by atoms with Crippen LogP contribution in [0.1, 0.15) is 11.1 Å². The van der Waals surface area contributed by atoms with E-state index in [1.807, 2.05) is 36.4 Å². The number of nitrogens with one attached hydrogen (secondary N) is 1. The number of nitriles is 1. The Labute approximate surface area is 185 Å².